The molecule has 2 aromatic rings. The second-order valence-corrected chi connectivity index (χ2v) is 3.97. The number of nitrogens with two attached hydrogens (primary N) is 1. The molecule has 2 rings (SSSR count). The molecule has 0 aliphatic carbocycles. The zero-order valence-electron chi connectivity index (χ0n) is 9.41. The second-order valence-electron chi connectivity index (χ2n) is 3.59. The van der Waals surface area contributed by atoms with Gasteiger partial charge < -0.3 is 10.6 Å². The highest BCUT2D eigenvalue weighted by atomic mass is 35.5. The quantitative estimate of drug-likeness (QED) is 0.880. The fourth-order valence-electron chi connectivity index (χ4n) is 1.43. The molecule has 0 spiro atoms. The maximum atomic E-state index is 6.03. The number of hydrogen-bond acceptors (Lipinski definition) is 5. The molecule has 2 aromatic heterocycles. The molecule has 0 saturated heterocycles. The first-order valence-electron chi connectivity index (χ1n) is 5.13. The molecule has 6 nitrogen and oxygen atoms in total. The van der Waals surface area contributed by atoms with Crippen molar-refractivity contribution >= 4 is 23.2 Å². The summed E-state index contributed by atoms with van der Waals surface area (Å²) in [6.45, 7) is 1.49. The molecule has 0 aliphatic rings. The number of rotatable bonds is 4. The van der Waals surface area contributed by atoms with Crippen molar-refractivity contribution in [3.63, 3.8) is 0 Å². The Labute approximate surface area is 104 Å². The largest absolute Gasteiger partial charge is 0.382 e. The van der Waals surface area contributed by atoms with Crippen LogP contribution in [0.3, 0.4) is 0 Å². The average molecular weight is 253 g/mol. The van der Waals surface area contributed by atoms with Crippen LogP contribution in [-0.2, 0) is 6.54 Å². The van der Waals surface area contributed by atoms with E-state index in [0.717, 1.165) is 13.1 Å². The number of nitrogen functional groups attached to an aromatic ring is 1. The van der Waals surface area contributed by atoms with Gasteiger partial charge in [-0.15, -0.1) is 0 Å². The van der Waals surface area contributed by atoms with Crippen LogP contribution in [0.25, 0.3) is 0 Å². The molecule has 0 amide bonds. The van der Waals surface area contributed by atoms with Gasteiger partial charge >= 0.3 is 0 Å². The SMILES string of the molecule is CN(CCn1cccn1)c1ncnc(N)c1Cl. The smallest absolute Gasteiger partial charge is 0.152 e. The second kappa shape index (κ2) is 5.01. The normalized spacial score (nSPS) is 10.5. The third-order valence-corrected chi connectivity index (χ3v) is 2.75. The highest BCUT2D eigenvalue weighted by Crippen LogP contribution is 2.25. The Morgan fingerprint density at radius 3 is 3.00 bits per heavy atom. The maximum Gasteiger partial charge on any atom is 0.152 e. The summed E-state index contributed by atoms with van der Waals surface area (Å²) in [6.07, 6.45) is 5.06. The Kier molecular flexibility index (Phi) is 3.43. The fourth-order valence-corrected chi connectivity index (χ4v) is 1.67. The number of nitrogens with zero attached hydrogens (tertiary/aromatic N) is 5. The summed E-state index contributed by atoms with van der Waals surface area (Å²) < 4.78 is 1.84. The van der Waals surface area contributed by atoms with Gasteiger partial charge in [0.25, 0.3) is 0 Å². The predicted molar refractivity (Wildman–Crippen MR) is 67.0 cm³/mol. The minimum Gasteiger partial charge on any atom is -0.382 e. The lowest BCUT2D eigenvalue weighted by atomic mass is 10.4. The van der Waals surface area contributed by atoms with Crippen LogP contribution in [0.15, 0.2) is 24.8 Å². The minimum atomic E-state index is 0.294. The Balaban J connectivity index is 2.04. The van der Waals surface area contributed by atoms with E-state index in [2.05, 4.69) is 15.1 Å². The van der Waals surface area contributed by atoms with Crippen LogP contribution in [0.1, 0.15) is 0 Å². The number of likely N-dealkylation sites (N-methyl/N-ethyl adjacent to an activating group) is 1. The van der Waals surface area contributed by atoms with Crippen LogP contribution in [-0.4, -0.2) is 33.3 Å². The molecule has 0 bridgehead atoms. The van der Waals surface area contributed by atoms with Gasteiger partial charge in [0.15, 0.2) is 5.82 Å². The molecule has 90 valence electrons. The zero-order valence-corrected chi connectivity index (χ0v) is 10.2. The van der Waals surface area contributed by atoms with E-state index in [4.69, 9.17) is 17.3 Å². The van der Waals surface area contributed by atoms with Gasteiger partial charge in [0.2, 0.25) is 0 Å². The molecule has 17 heavy (non-hydrogen) atoms. The highest BCUT2D eigenvalue weighted by molar-refractivity contribution is 6.35. The van der Waals surface area contributed by atoms with E-state index in [9.17, 15) is 0 Å². The molecule has 0 aliphatic heterocycles. The van der Waals surface area contributed by atoms with Gasteiger partial charge in [-0.2, -0.15) is 5.10 Å². The van der Waals surface area contributed by atoms with E-state index in [-0.39, 0.29) is 0 Å². The summed E-state index contributed by atoms with van der Waals surface area (Å²) in [6, 6.07) is 1.88. The topological polar surface area (TPSA) is 72.9 Å². The Morgan fingerprint density at radius 2 is 2.29 bits per heavy atom. The van der Waals surface area contributed by atoms with Gasteiger partial charge in [-0.25, -0.2) is 9.97 Å². The van der Waals surface area contributed by atoms with Crippen molar-refractivity contribution in [1.29, 1.82) is 0 Å². The third kappa shape index (κ3) is 2.65. The van der Waals surface area contributed by atoms with Crippen molar-refractivity contribution in [1.82, 2.24) is 19.7 Å². The molecule has 0 radical (unpaired) electrons. The summed E-state index contributed by atoms with van der Waals surface area (Å²) >= 11 is 6.03. The first kappa shape index (κ1) is 11.7. The van der Waals surface area contributed by atoms with Crippen LogP contribution in [0, 0.1) is 0 Å². The highest BCUT2D eigenvalue weighted by Gasteiger charge is 2.10. The van der Waals surface area contributed by atoms with Crippen LogP contribution in [0.2, 0.25) is 5.02 Å². The van der Waals surface area contributed by atoms with E-state index in [1.165, 1.54) is 6.33 Å². The molecular weight excluding hydrogens is 240 g/mol. The van der Waals surface area contributed by atoms with Gasteiger partial charge in [-0.3, -0.25) is 4.68 Å². The molecular formula is C10H13ClN6. The van der Waals surface area contributed by atoms with Crippen molar-refractivity contribution < 1.29 is 0 Å². The van der Waals surface area contributed by atoms with Gasteiger partial charge in [-0.05, 0) is 6.07 Å². The molecule has 0 fully saturated rings. The van der Waals surface area contributed by atoms with E-state index < -0.39 is 0 Å². The molecule has 0 unspecified atom stereocenters. The van der Waals surface area contributed by atoms with E-state index in [1.54, 1.807) is 6.20 Å². The fraction of sp³-hybridized carbons (Fsp3) is 0.300. The van der Waals surface area contributed by atoms with Crippen molar-refractivity contribution in [2.24, 2.45) is 0 Å². The lowest BCUT2D eigenvalue weighted by Crippen LogP contribution is -2.24. The molecule has 0 atom stereocenters. The molecule has 0 saturated carbocycles. The Bertz CT molecular complexity index is 484. The zero-order chi connectivity index (χ0) is 12.3. The van der Waals surface area contributed by atoms with Crippen LogP contribution >= 0.6 is 11.6 Å². The lowest BCUT2D eigenvalue weighted by Gasteiger charge is -2.19. The standard InChI is InChI=1S/C10H13ClN6/c1-16(5-6-17-4-2-3-15-17)10-8(11)9(12)13-7-14-10/h2-4,7H,5-6H2,1H3,(H2,12,13,14). The van der Waals surface area contributed by atoms with Gasteiger partial charge in [-0.1, -0.05) is 11.6 Å². The monoisotopic (exact) mass is 252 g/mol. The first-order chi connectivity index (χ1) is 8.18. The minimum absolute atomic E-state index is 0.294. The number of anilines is 2. The van der Waals surface area contributed by atoms with E-state index >= 15 is 0 Å². The molecule has 7 heteroatoms. The van der Waals surface area contributed by atoms with E-state index in [1.807, 2.05) is 28.9 Å². The summed E-state index contributed by atoms with van der Waals surface area (Å²) in [5.41, 5.74) is 5.62. The molecule has 0 aromatic carbocycles. The summed E-state index contributed by atoms with van der Waals surface area (Å²) in [5.74, 6) is 0.925. The van der Waals surface area contributed by atoms with E-state index in [0.29, 0.717) is 16.7 Å². The van der Waals surface area contributed by atoms with Crippen molar-refractivity contribution in [3.05, 3.63) is 29.8 Å². The predicted octanol–water partition coefficient (Wildman–Crippen LogP) is 1.05. The maximum absolute atomic E-state index is 6.03. The Hall–Kier alpha value is -1.82. The van der Waals surface area contributed by atoms with Gasteiger partial charge in [0.1, 0.15) is 17.2 Å². The van der Waals surface area contributed by atoms with Gasteiger partial charge in [0.05, 0.1) is 6.54 Å². The van der Waals surface area contributed by atoms with Crippen LogP contribution in [0.5, 0.6) is 0 Å². The van der Waals surface area contributed by atoms with Gasteiger partial charge in [0, 0.05) is 26.0 Å². The summed E-state index contributed by atoms with van der Waals surface area (Å²) in [4.78, 5) is 9.85. The van der Waals surface area contributed by atoms with Crippen LogP contribution < -0.4 is 10.6 Å². The Morgan fingerprint density at radius 1 is 1.47 bits per heavy atom. The summed E-state index contributed by atoms with van der Waals surface area (Å²) in [7, 11) is 1.90. The lowest BCUT2D eigenvalue weighted by molar-refractivity contribution is 0.609. The summed E-state index contributed by atoms with van der Waals surface area (Å²) in [5, 5.41) is 4.51. The number of halogens is 1. The molecule has 2 N–H and O–H groups in total. The van der Waals surface area contributed by atoms with Crippen molar-refractivity contribution in [3.8, 4) is 0 Å². The average Bonchev–Trinajstić information content (AvgIpc) is 2.82. The number of aromatic nitrogens is 4. The van der Waals surface area contributed by atoms with Crippen molar-refractivity contribution in [2.75, 3.05) is 24.2 Å². The third-order valence-electron chi connectivity index (χ3n) is 2.38. The molecule has 2 heterocycles. The van der Waals surface area contributed by atoms with Crippen molar-refractivity contribution in [2.45, 2.75) is 6.54 Å². The number of hydrogen-bond donors (Lipinski definition) is 1. The first-order valence-corrected chi connectivity index (χ1v) is 5.51. The van der Waals surface area contributed by atoms with Crippen LogP contribution in [0.4, 0.5) is 11.6 Å².